The van der Waals surface area contributed by atoms with Crippen LogP contribution in [-0.2, 0) is 14.3 Å². The Labute approximate surface area is 85.8 Å². The van der Waals surface area contributed by atoms with Crippen LogP contribution in [0.4, 0.5) is 0 Å². The first-order chi connectivity index (χ1) is 6.57. The minimum absolute atomic E-state index is 0.331. The van der Waals surface area contributed by atoms with Crippen molar-refractivity contribution in [2.24, 2.45) is 11.7 Å². The van der Waals surface area contributed by atoms with Gasteiger partial charge in [-0.25, -0.2) is 0 Å². The molecule has 0 aromatic heterocycles. The van der Waals surface area contributed by atoms with Crippen LogP contribution in [0, 0.1) is 5.92 Å². The fourth-order valence-electron chi connectivity index (χ4n) is 0.865. The van der Waals surface area contributed by atoms with Gasteiger partial charge >= 0.3 is 5.97 Å². The Kier molecular flexibility index (Phi) is 7.42. The summed E-state index contributed by atoms with van der Waals surface area (Å²) < 4.78 is 9.81. The second-order valence-electron chi connectivity index (χ2n) is 3.74. The lowest BCUT2D eigenvalue weighted by Gasteiger charge is -2.11. The minimum atomic E-state index is -0.554. The van der Waals surface area contributed by atoms with Crippen molar-refractivity contribution in [2.75, 3.05) is 20.3 Å². The van der Waals surface area contributed by atoms with E-state index >= 15 is 0 Å². The lowest BCUT2D eigenvalue weighted by molar-refractivity contribution is -0.145. The predicted octanol–water partition coefficient (Wildman–Crippen LogP) is 0.939. The first-order valence-corrected chi connectivity index (χ1v) is 4.99. The van der Waals surface area contributed by atoms with Crippen LogP contribution in [0.25, 0.3) is 0 Å². The van der Waals surface area contributed by atoms with E-state index in [1.54, 1.807) is 7.11 Å². The van der Waals surface area contributed by atoms with Crippen LogP contribution in [0.5, 0.6) is 0 Å². The number of esters is 1. The molecule has 0 rings (SSSR count). The normalized spacial score (nSPS) is 12.9. The van der Waals surface area contributed by atoms with Crippen molar-refractivity contribution < 1.29 is 14.3 Å². The number of rotatable bonds is 7. The highest BCUT2D eigenvalue weighted by molar-refractivity contribution is 5.75. The highest BCUT2D eigenvalue weighted by Crippen LogP contribution is 2.00. The molecule has 2 N–H and O–H groups in total. The van der Waals surface area contributed by atoms with Crippen molar-refractivity contribution in [1.82, 2.24) is 0 Å². The SMILES string of the molecule is COCCC(N)C(=O)OCCC(C)C. The van der Waals surface area contributed by atoms with E-state index in [-0.39, 0.29) is 5.97 Å². The molecule has 0 aliphatic heterocycles. The fourth-order valence-corrected chi connectivity index (χ4v) is 0.865. The van der Waals surface area contributed by atoms with Gasteiger partial charge in [-0.3, -0.25) is 4.79 Å². The van der Waals surface area contributed by atoms with Crippen molar-refractivity contribution in [3.05, 3.63) is 0 Å². The molecule has 4 nitrogen and oxygen atoms in total. The molecule has 0 bridgehead atoms. The van der Waals surface area contributed by atoms with Crippen LogP contribution in [0.1, 0.15) is 26.7 Å². The zero-order chi connectivity index (χ0) is 11.0. The maximum atomic E-state index is 11.2. The van der Waals surface area contributed by atoms with Crippen molar-refractivity contribution >= 4 is 5.97 Å². The van der Waals surface area contributed by atoms with E-state index in [1.165, 1.54) is 0 Å². The summed E-state index contributed by atoms with van der Waals surface area (Å²) in [5, 5.41) is 0. The third-order valence-corrected chi connectivity index (χ3v) is 1.88. The number of hydrogen-bond donors (Lipinski definition) is 1. The van der Waals surface area contributed by atoms with E-state index < -0.39 is 6.04 Å². The molecular weight excluding hydrogens is 182 g/mol. The molecule has 1 atom stereocenters. The van der Waals surface area contributed by atoms with Crippen molar-refractivity contribution in [3.8, 4) is 0 Å². The molecule has 84 valence electrons. The zero-order valence-corrected chi connectivity index (χ0v) is 9.29. The number of methoxy groups -OCH3 is 1. The Morgan fingerprint density at radius 2 is 1.93 bits per heavy atom. The van der Waals surface area contributed by atoms with Crippen LogP contribution in [0.3, 0.4) is 0 Å². The van der Waals surface area contributed by atoms with E-state index in [0.29, 0.717) is 25.6 Å². The second kappa shape index (κ2) is 7.76. The molecule has 14 heavy (non-hydrogen) atoms. The summed E-state index contributed by atoms with van der Waals surface area (Å²) in [5.41, 5.74) is 5.57. The van der Waals surface area contributed by atoms with Gasteiger partial charge in [0, 0.05) is 13.7 Å². The molecule has 0 aromatic carbocycles. The van der Waals surface area contributed by atoms with Gasteiger partial charge in [0.2, 0.25) is 0 Å². The Bertz CT molecular complexity index is 159. The standard InChI is InChI=1S/C10H21NO3/c1-8(2)4-7-14-10(12)9(11)5-6-13-3/h8-9H,4-7,11H2,1-3H3. The van der Waals surface area contributed by atoms with Gasteiger partial charge in [-0.1, -0.05) is 13.8 Å². The van der Waals surface area contributed by atoms with Gasteiger partial charge in [0.1, 0.15) is 6.04 Å². The van der Waals surface area contributed by atoms with Crippen molar-refractivity contribution in [2.45, 2.75) is 32.7 Å². The number of ether oxygens (including phenoxy) is 2. The third-order valence-electron chi connectivity index (χ3n) is 1.88. The van der Waals surface area contributed by atoms with Crippen LogP contribution in [-0.4, -0.2) is 32.3 Å². The smallest absolute Gasteiger partial charge is 0.322 e. The van der Waals surface area contributed by atoms with E-state index in [0.717, 1.165) is 6.42 Å². The Balaban J connectivity index is 3.52. The number of carbonyl (C=O) groups is 1. The molecule has 0 fully saturated rings. The zero-order valence-electron chi connectivity index (χ0n) is 9.29. The quantitative estimate of drug-likeness (QED) is 0.625. The molecule has 1 unspecified atom stereocenters. The van der Waals surface area contributed by atoms with Crippen LogP contribution < -0.4 is 5.73 Å². The highest BCUT2D eigenvalue weighted by Gasteiger charge is 2.14. The van der Waals surface area contributed by atoms with Gasteiger partial charge in [-0.15, -0.1) is 0 Å². The molecule has 0 amide bonds. The van der Waals surface area contributed by atoms with E-state index in [2.05, 4.69) is 13.8 Å². The minimum Gasteiger partial charge on any atom is -0.465 e. The molecule has 0 radical (unpaired) electrons. The summed E-state index contributed by atoms with van der Waals surface area (Å²) >= 11 is 0. The second-order valence-corrected chi connectivity index (χ2v) is 3.74. The number of carbonyl (C=O) groups excluding carboxylic acids is 1. The van der Waals surface area contributed by atoms with Crippen LogP contribution in [0.2, 0.25) is 0 Å². The van der Waals surface area contributed by atoms with E-state index in [1.807, 2.05) is 0 Å². The average Bonchev–Trinajstić information content (AvgIpc) is 2.13. The van der Waals surface area contributed by atoms with Gasteiger partial charge < -0.3 is 15.2 Å². The fraction of sp³-hybridized carbons (Fsp3) is 0.900. The summed E-state index contributed by atoms with van der Waals surface area (Å²) in [7, 11) is 1.58. The molecule has 4 heteroatoms. The molecule has 0 saturated carbocycles. The van der Waals surface area contributed by atoms with Crippen LogP contribution >= 0.6 is 0 Å². The summed E-state index contributed by atoms with van der Waals surface area (Å²) in [4.78, 5) is 11.2. The van der Waals surface area contributed by atoms with Gasteiger partial charge in [0.05, 0.1) is 6.61 Å². The van der Waals surface area contributed by atoms with Gasteiger partial charge in [-0.05, 0) is 18.8 Å². The van der Waals surface area contributed by atoms with Crippen molar-refractivity contribution in [1.29, 1.82) is 0 Å². The van der Waals surface area contributed by atoms with E-state index in [9.17, 15) is 4.79 Å². The van der Waals surface area contributed by atoms with Gasteiger partial charge in [0.25, 0.3) is 0 Å². The maximum Gasteiger partial charge on any atom is 0.322 e. The monoisotopic (exact) mass is 203 g/mol. The summed E-state index contributed by atoms with van der Waals surface area (Å²) in [6, 6.07) is -0.554. The largest absolute Gasteiger partial charge is 0.465 e. The topological polar surface area (TPSA) is 61.5 Å². The molecule has 0 spiro atoms. The first-order valence-electron chi connectivity index (χ1n) is 4.99. The van der Waals surface area contributed by atoms with Gasteiger partial charge in [-0.2, -0.15) is 0 Å². The van der Waals surface area contributed by atoms with Crippen LogP contribution in [0.15, 0.2) is 0 Å². The Hall–Kier alpha value is -0.610. The third kappa shape index (κ3) is 6.86. The lowest BCUT2D eigenvalue weighted by atomic mass is 10.1. The summed E-state index contributed by atoms with van der Waals surface area (Å²) in [6.45, 7) is 5.11. The first kappa shape index (κ1) is 13.4. The maximum absolute atomic E-state index is 11.2. The summed E-state index contributed by atoms with van der Waals surface area (Å²) in [5.74, 6) is 0.209. The van der Waals surface area contributed by atoms with Crippen molar-refractivity contribution in [3.63, 3.8) is 0 Å². The molecule has 0 heterocycles. The number of nitrogens with two attached hydrogens (primary N) is 1. The Morgan fingerprint density at radius 1 is 1.29 bits per heavy atom. The molecule has 0 saturated heterocycles. The predicted molar refractivity (Wildman–Crippen MR) is 54.9 cm³/mol. The molecular formula is C10H21NO3. The number of hydrogen-bond acceptors (Lipinski definition) is 4. The molecule has 0 aliphatic carbocycles. The van der Waals surface area contributed by atoms with Gasteiger partial charge in [0.15, 0.2) is 0 Å². The average molecular weight is 203 g/mol. The highest BCUT2D eigenvalue weighted by atomic mass is 16.5. The lowest BCUT2D eigenvalue weighted by Crippen LogP contribution is -2.33. The molecule has 0 aromatic rings. The molecule has 0 aliphatic rings. The summed E-state index contributed by atoms with van der Waals surface area (Å²) in [6.07, 6.45) is 1.39. The Morgan fingerprint density at radius 3 is 2.43 bits per heavy atom. The van der Waals surface area contributed by atoms with E-state index in [4.69, 9.17) is 15.2 Å².